The summed E-state index contributed by atoms with van der Waals surface area (Å²) in [5, 5.41) is 10.9. The lowest BCUT2D eigenvalue weighted by atomic mass is 10.2. The highest BCUT2D eigenvalue weighted by Gasteiger charge is 2.06. The lowest BCUT2D eigenvalue weighted by Gasteiger charge is -2.14. The number of nitrogens with one attached hydrogen (secondary N) is 1. The molecule has 2 aromatic rings. The van der Waals surface area contributed by atoms with E-state index >= 15 is 0 Å². The summed E-state index contributed by atoms with van der Waals surface area (Å²) in [4.78, 5) is 2.06. The van der Waals surface area contributed by atoms with Gasteiger partial charge in [-0.3, -0.25) is 0 Å². The van der Waals surface area contributed by atoms with Crippen LogP contribution in [0.2, 0.25) is 5.02 Å². The topological polar surface area (TPSA) is 54.0 Å². The zero-order valence-electron chi connectivity index (χ0n) is 16.8. The molecule has 2 N–H and O–H groups in total. The molecule has 0 fully saturated rings. The predicted molar refractivity (Wildman–Crippen MR) is 119 cm³/mol. The molecule has 0 spiro atoms. The summed E-state index contributed by atoms with van der Waals surface area (Å²) in [6, 6.07) is 11.5. The number of likely N-dealkylation sites (N-methyl/N-ethyl adjacent to an activating group) is 1. The van der Waals surface area contributed by atoms with Gasteiger partial charge in [-0.1, -0.05) is 25.4 Å². The van der Waals surface area contributed by atoms with Gasteiger partial charge in [0.25, 0.3) is 0 Å². The maximum atomic E-state index is 7.00. The minimum atomic E-state index is 0.586. The van der Waals surface area contributed by atoms with E-state index in [4.69, 9.17) is 26.2 Å². The molecule has 2 rings (SSSR count). The van der Waals surface area contributed by atoms with Gasteiger partial charge in [-0.2, -0.15) is 0 Å². The first-order valence-corrected chi connectivity index (χ1v) is 9.79. The summed E-state index contributed by atoms with van der Waals surface area (Å²) < 4.78 is 12.0. The smallest absolute Gasteiger partial charge is 0.140 e. The van der Waals surface area contributed by atoms with Crippen LogP contribution in [0.1, 0.15) is 13.8 Å². The fourth-order valence-corrected chi connectivity index (χ4v) is 2.51. The van der Waals surface area contributed by atoms with Gasteiger partial charge >= 0.3 is 0 Å². The van der Waals surface area contributed by atoms with Crippen LogP contribution in [-0.2, 0) is 0 Å². The molecule has 0 aromatic heterocycles. The number of hydrogen-bond donors (Lipinski definition) is 2. The van der Waals surface area contributed by atoms with Crippen LogP contribution in [0.5, 0.6) is 11.5 Å². The lowest BCUT2D eigenvalue weighted by molar-refractivity contribution is 0.261. The lowest BCUT2D eigenvalue weighted by Crippen LogP contribution is -2.19. The highest BCUT2D eigenvalue weighted by molar-refractivity contribution is 9.10. The fraction of sp³-hybridized carbons (Fsp3) is 0.400. The van der Waals surface area contributed by atoms with Crippen molar-refractivity contribution in [1.29, 1.82) is 0 Å². The zero-order chi connectivity index (χ0) is 20.8. The summed E-state index contributed by atoms with van der Waals surface area (Å²) in [6.07, 6.45) is 0. The largest absolute Gasteiger partial charge is 0.495 e. The Hall–Kier alpha value is -1.47. The van der Waals surface area contributed by atoms with Crippen molar-refractivity contribution in [2.24, 2.45) is 0 Å². The molecule has 0 saturated carbocycles. The van der Waals surface area contributed by atoms with Crippen LogP contribution in [0, 0.1) is 0 Å². The van der Waals surface area contributed by atoms with Crippen molar-refractivity contribution in [1.82, 2.24) is 4.90 Å². The maximum Gasteiger partial charge on any atom is 0.140 e. The molecule has 0 radical (unpaired) electrons. The van der Waals surface area contributed by atoms with Crippen LogP contribution >= 0.6 is 27.5 Å². The third-order valence-electron chi connectivity index (χ3n) is 3.17. The molecule has 0 aliphatic heterocycles. The summed E-state index contributed by atoms with van der Waals surface area (Å²) >= 11 is 9.63. The van der Waals surface area contributed by atoms with E-state index in [2.05, 4.69) is 26.1 Å². The van der Waals surface area contributed by atoms with Crippen LogP contribution in [0.15, 0.2) is 40.9 Å². The van der Waals surface area contributed by atoms with E-state index in [0.29, 0.717) is 17.4 Å². The standard InChI is InChI=1S/C17H20BrClN2O2.C2H6.CH4O/c1-21(2)8-9-23-17-11-13(5-7-15(17)19)20-12-4-6-14(18)16(10-12)22-3;2*1-2/h4-7,10-11,20H,8-9H2,1-3H3;1-2H3;2H,1H3. The predicted octanol–water partition coefficient (Wildman–Crippen LogP) is 5.43. The molecule has 0 aliphatic rings. The molecule has 2 aromatic carbocycles. The van der Waals surface area contributed by atoms with E-state index in [1.807, 2.05) is 64.3 Å². The number of anilines is 2. The molecule has 7 heteroatoms. The van der Waals surface area contributed by atoms with Crippen molar-refractivity contribution in [2.75, 3.05) is 46.8 Å². The van der Waals surface area contributed by atoms with Gasteiger partial charge in [0, 0.05) is 37.2 Å². The molecular weight excluding hydrogens is 432 g/mol. The van der Waals surface area contributed by atoms with Gasteiger partial charge in [0.2, 0.25) is 0 Å². The first-order chi connectivity index (χ1) is 13.0. The van der Waals surface area contributed by atoms with Crippen LogP contribution < -0.4 is 14.8 Å². The fourth-order valence-electron chi connectivity index (χ4n) is 1.93. The normalized spacial score (nSPS) is 9.56. The summed E-state index contributed by atoms with van der Waals surface area (Å²) in [6.45, 7) is 5.42. The molecular formula is C20H30BrClN2O3. The van der Waals surface area contributed by atoms with E-state index in [0.717, 1.165) is 35.3 Å². The molecule has 5 nitrogen and oxygen atoms in total. The van der Waals surface area contributed by atoms with Crippen molar-refractivity contribution >= 4 is 38.9 Å². The van der Waals surface area contributed by atoms with E-state index in [1.165, 1.54) is 0 Å². The van der Waals surface area contributed by atoms with Crippen LogP contribution in [0.3, 0.4) is 0 Å². The van der Waals surface area contributed by atoms with Crippen molar-refractivity contribution in [2.45, 2.75) is 13.8 Å². The molecule has 152 valence electrons. The van der Waals surface area contributed by atoms with Gasteiger partial charge in [-0.05, 0) is 54.3 Å². The minimum absolute atomic E-state index is 0.586. The van der Waals surface area contributed by atoms with Crippen molar-refractivity contribution in [3.05, 3.63) is 45.9 Å². The Bertz CT molecular complexity index is 670. The Kier molecular flexibility index (Phi) is 13.8. The monoisotopic (exact) mass is 460 g/mol. The number of methoxy groups -OCH3 is 1. The SMILES string of the molecule is CC.CO.COc1cc(Nc2ccc(Cl)c(OCCN(C)C)c2)ccc1Br. The summed E-state index contributed by atoms with van der Waals surface area (Å²) in [7, 11) is 6.65. The quantitative estimate of drug-likeness (QED) is 0.576. The molecule has 0 aliphatic carbocycles. The zero-order valence-corrected chi connectivity index (χ0v) is 19.2. The summed E-state index contributed by atoms with van der Waals surface area (Å²) in [5.41, 5.74) is 1.82. The van der Waals surface area contributed by atoms with Crippen molar-refractivity contribution < 1.29 is 14.6 Å². The van der Waals surface area contributed by atoms with E-state index in [1.54, 1.807) is 7.11 Å². The van der Waals surface area contributed by atoms with Crippen LogP contribution in [0.4, 0.5) is 11.4 Å². The first-order valence-electron chi connectivity index (χ1n) is 8.62. The number of benzene rings is 2. The molecule has 0 amide bonds. The molecule has 0 heterocycles. The van der Waals surface area contributed by atoms with Crippen molar-refractivity contribution in [3.63, 3.8) is 0 Å². The number of aliphatic hydroxyl groups excluding tert-OH is 1. The van der Waals surface area contributed by atoms with Gasteiger partial charge in [0.15, 0.2) is 0 Å². The maximum absolute atomic E-state index is 7.00. The number of nitrogens with zero attached hydrogens (tertiary/aromatic N) is 1. The molecule has 0 atom stereocenters. The highest BCUT2D eigenvalue weighted by Crippen LogP contribution is 2.32. The second kappa shape index (κ2) is 14.6. The number of hydrogen-bond acceptors (Lipinski definition) is 5. The Morgan fingerprint density at radius 1 is 1.04 bits per heavy atom. The average Bonchev–Trinajstić information content (AvgIpc) is 2.68. The number of ether oxygens (including phenoxy) is 2. The van der Waals surface area contributed by atoms with E-state index in [9.17, 15) is 0 Å². The second-order valence-corrected chi connectivity index (χ2v) is 6.53. The first kappa shape index (κ1) is 25.5. The Balaban J connectivity index is 0.00000158. The van der Waals surface area contributed by atoms with Crippen LogP contribution in [-0.4, -0.2) is 51.5 Å². The van der Waals surface area contributed by atoms with Gasteiger partial charge in [-0.15, -0.1) is 0 Å². The molecule has 0 bridgehead atoms. The van der Waals surface area contributed by atoms with Crippen LogP contribution in [0.25, 0.3) is 0 Å². The minimum Gasteiger partial charge on any atom is -0.495 e. The Labute approximate surface area is 176 Å². The second-order valence-electron chi connectivity index (χ2n) is 5.27. The van der Waals surface area contributed by atoms with Gasteiger partial charge in [-0.25, -0.2) is 0 Å². The Morgan fingerprint density at radius 2 is 1.59 bits per heavy atom. The van der Waals surface area contributed by atoms with Crippen molar-refractivity contribution in [3.8, 4) is 11.5 Å². The number of aliphatic hydroxyl groups is 1. The van der Waals surface area contributed by atoms with Gasteiger partial charge < -0.3 is 24.8 Å². The molecule has 27 heavy (non-hydrogen) atoms. The summed E-state index contributed by atoms with van der Waals surface area (Å²) in [5.74, 6) is 1.44. The third kappa shape index (κ3) is 9.33. The Morgan fingerprint density at radius 3 is 2.15 bits per heavy atom. The van der Waals surface area contributed by atoms with Gasteiger partial charge in [0.1, 0.15) is 18.1 Å². The highest BCUT2D eigenvalue weighted by atomic mass is 79.9. The van der Waals surface area contributed by atoms with E-state index in [-0.39, 0.29) is 0 Å². The average molecular weight is 462 g/mol. The van der Waals surface area contributed by atoms with Gasteiger partial charge in [0.05, 0.1) is 16.6 Å². The number of rotatable bonds is 7. The third-order valence-corrected chi connectivity index (χ3v) is 4.13. The molecule has 0 saturated heterocycles. The number of halogens is 2. The molecule has 0 unspecified atom stereocenters. The van der Waals surface area contributed by atoms with E-state index < -0.39 is 0 Å².